The fraction of sp³-hybridized carbons (Fsp3) is 0.240. The average molecular weight is 421 g/mol. The second kappa shape index (κ2) is 11.5. The number of carbonyl (C=O) groups excluding carboxylic acids is 1. The molecule has 0 aliphatic rings. The lowest BCUT2D eigenvalue weighted by Crippen LogP contribution is -2.27. The van der Waals surface area contributed by atoms with Gasteiger partial charge in [-0.2, -0.15) is 0 Å². The molecule has 6 nitrogen and oxygen atoms in total. The zero-order chi connectivity index (χ0) is 21.9. The van der Waals surface area contributed by atoms with Crippen LogP contribution in [0.4, 0.5) is 5.69 Å². The van der Waals surface area contributed by atoms with Gasteiger partial charge in [0.25, 0.3) is 5.91 Å². The Balaban J connectivity index is 1.46. The topological polar surface area (TPSA) is 68.8 Å². The van der Waals surface area contributed by atoms with E-state index < -0.39 is 0 Å². The summed E-state index contributed by atoms with van der Waals surface area (Å²) in [7, 11) is 3.28. The van der Waals surface area contributed by atoms with Gasteiger partial charge in [0.1, 0.15) is 23.9 Å². The summed E-state index contributed by atoms with van der Waals surface area (Å²) in [6.45, 7) is 1.60. The third kappa shape index (κ3) is 6.67. The summed E-state index contributed by atoms with van der Waals surface area (Å²) < 4.78 is 16.0. The van der Waals surface area contributed by atoms with E-state index in [9.17, 15) is 4.79 Å². The van der Waals surface area contributed by atoms with Crippen LogP contribution in [0.25, 0.3) is 0 Å². The molecule has 0 aliphatic heterocycles. The Morgan fingerprint density at radius 2 is 1.39 bits per heavy atom. The third-order valence-electron chi connectivity index (χ3n) is 4.78. The summed E-state index contributed by atoms with van der Waals surface area (Å²) in [5, 5.41) is 6.27. The van der Waals surface area contributed by atoms with Crippen molar-refractivity contribution < 1.29 is 19.0 Å². The van der Waals surface area contributed by atoms with E-state index in [0.29, 0.717) is 25.3 Å². The molecule has 0 bridgehead atoms. The number of anilines is 1. The Morgan fingerprint density at radius 1 is 0.774 bits per heavy atom. The number of hydrogen-bond acceptors (Lipinski definition) is 5. The van der Waals surface area contributed by atoms with Crippen molar-refractivity contribution >= 4 is 11.6 Å². The van der Waals surface area contributed by atoms with Crippen molar-refractivity contribution in [3.8, 4) is 17.2 Å². The molecule has 0 atom stereocenters. The van der Waals surface area contributed by atoms with E-state index in [1.54, 1.807) is 14.2 Å². The van der Waals surface area contributed by atoms with Crippen molar-refractivity contribution in [1.82, 2.24) is 5.32 Å². The van der Waals surface area contributed by atoms with Gasteiger partial charge >= 0.3 is 0 Å². The summed E-state index contributed by atoms with van der Waals surface area (Å²) in [6.07, 6.45) is 0.751. The van der Waals surface area contributed by atoms with Gasteiger partial charge < -0.3 is 24.8 Å². The van der Waals surface area contributed by atoms with Gasteiger partial charge in [-0.1, -0.05) is 24.3 Å². The van der Waals surface area contributed by atoms with Crippen molar-refractivity contribution in [2.75, 3.05) is 39.2 Å². The van der Waals surface area contributed by atoms with Crippen LogP contribution in [0.1, 0.15) is 15.9 Å². The van der Waals surface area contributed by atoms with Crippen LogP contribution < -0.4 is 24.8 Å². The van der Waals surface area contributed by atoms with E-state index in [1.165, 1.54) is 0 Å². The molecule has 0 saturated heterocycles. The fourth-order valence-electron chi connectivity index (χ4n) is 3.07. The Labute approximate surface area is 183 Å². The first-order valence-electron chi connectivity index (χ1n) is 10.2. The maximum absolute atomic E-state index is 12.7. The molecular weight excluding hydrogens is 392 g/mol. The number of methoxy groups -OCH3 is 2. The molecule has 0 fully saturated rings. The summed E-state index contributed by atoms with van der Waals surface area (Å²) in [5.41, 5.74) is 2.53. The second-order valence-corrected chi connectivity index (χ2v) is 6.85. The van der Waals surface area contributed by atoms with Gasteiger partial charge in [-0.15, -0.1) is 0 Å². The molecule has 0 saturated carbocycles. The number of para-hydroxylation sites is 1. The number of benzene rings is 3. The first kappa shape index (κ1) is 22.0. The fourth-order valence-corrected chi connectivity index (χ4v) is 3.07. The summed E-state index contributed by atoms with van der Waals surface area (Å²) >= 11 is 0. The van der Waals surface area contributed by atoms with Crippen LogP contribution in [-0.2, 0) is 6.42 Å². The quantitative estimate of drug-likeness (QED) is 0.456. The number of ether oxygens (including phenoxy) is 3. The minimum Gasteiger partial charge on any atom is -0.497 e. The highest BCUT2D eigenvalue weighted by molar-refractivity contribution is 5.99. The van der Waals surface area contributed by atoms with Crippen molar-refractivity contribution in [2.24, 2.45) is 0 Å². The molecule has 0 heterocycles. The lowest BCUT2D eigenvalue weighted by molar-refractivity contribution is 0.0955. The maximum Gasteiger partial charge on any atom is 0.253 e. The van der Waals surface area contributed by atoms with Gasteiger partial charge in [-0.3, -0.25) is 4.79 Å². The molecule has 31 heavy (non-hydrogen) atoms. The van der Waals surface area contributed by atoms with E-state index in [1.807, 2.05) is 72.8 Å². The third-order valence-corrected chi connectivity index (χ3v) is 4.78. The summed E-state index contributed by atoms with van der Waals surface area (Å²) in [4.78, 5) is 12.7. The monoisotopic (exact) mass is 420 g/mol. The van der Waals surface area contributed by atoms with E-state index in [2.05, 4.69) is 10.6 Å². The molecule has 0 radical (unpaired) electrons. The van der Waals surface area contributed by atoms with Crippen molar-refractivity contribution in [3.05, 3.63) is 83.9 Å². The zero-order valence-corrected chi connectivity index (χ0v) is 17.9. The molecule has 3 aromatic carbocycles. The first-order chi connectivity index (χ1) is 15.2. The molecule has 0 unspecified atom stereocenters. The Morgan fingerprint density at radius 3 is 2.06 bits per heavy atom. The van der Waals surface area contributed by atoms with Crippen LogP contribution >= 0.6 is 0 Å². The molecule has 3 aromatic rings. The number of nitrogens with one attached hydrogen (secondary N) is 2. The van der Waals surface area contributed by atoms with Gasteiger partial charge in [0.2, 0.25) is 0 Å². The normalized spacial score (nSPS) is 10.3. The highest BCUT2D eigenvalue weighted by Gasteiger charge is 2.10. The number of amides is 1. The van der Waals surface area contributed by atoms with E-state index in [0.717, 1.165) is 34.9 Å². The van der Waals surface area contributed by atoms with Crippen LogP contribution in [0.5, 0.6) is 17.2 Å². The van der Waals surface area contributed by atoms with Gasteiger partial charge in [0.15, 0.2) is 0 Å². The van der Waals surface area contributed by atoms with Crippen LogP contribution in [-0.4, -0.2) is 39.8 Å². The van der Waals surface area contributed by atoms with E-state index in [-0.39, 0.29) is 5.91 Å². The predicted molar refractivity (Wildman–Crippen MR) is 122 cm³/mol. The molecule has 1 amide bonds. The predicted octanol–water partition coefficient (Wildman–Crippen LogP) is 4.17. The molecule has 6 heteroatoms. The SMILES string of the molecule is COc1ccc(CCNC(=O)c2ccccc2NCCOc2ccc(OC)cc2)cc1. The number of rotatable bonds is 11. The summed E-state index contributed by atoms with van der Waals surface area (Å²) in [5.74, 6) is 2.28. The maximum atomic E-state index is 12.7. The largest absolute Gasteiger partial charge is 0.497 e. The lowest BCUT2D eigenvalue weighted by Gasteiger charge is -2.13. The molecular formula is C25H28N2O4. The Hall–Kier alpha value is -3.67. The standard InChI is InChI=1S/C25H28N2O4/c1-29-20-9-7-19(8-10-20)15-16-27-25(28)23-5-3-4-6-24(23)26-17-18-31-22-13-11-21(30-2)12-14-22/h3-14,26H,15-18H2,1-2H3,(H,27,28). The van der Waals surface area contributed by atoms with E-state index >= 15 is 0 Å². The van der Waals surface area contributed by atoms with Gasteiger partial charge in [0, 0.05) is 18.8 Å². The molecule has 3 rings (SSSR count). The Kier molecular flexibility index (Phi) is 8.17. The van der Waals surface area contributed by atoms with E-state index in [4.69, 9.17) is 14.2 Å². The lowest BCUT2D eigenvalue weighted by atomic mass is 10.1. The molecule has 162 valence electrons. The van der Waals surface area contributed by atoms with Crippen molar-refractivity contribution in [2.45, 2.75) is 6.42 Å². The van der Waals surface area contributed by atoms with Gasteiger partial charge in [-0.05, 0) is 60.5 Å². The average Bonchev–Trinajstić information content (AvgIpc) is 2.83. The molecule has 0 aliphatic carbocycles. The van der Waals surface area contributed by atoms with Gasteiger partial charge in [0.05, 0.1) is 19.8 Å². The number of carbonyl (C=O) groups is 1. The van der Waals surface area contributed by atoms with Crippen molar-refractivity contribution in [3.63, 3.8) is 0 Å². The van der Waals surface area contributed by atoms with Crippen LogP contribution in [0.3, 0.4) is 0 Å². The van der Waals surface area contributed by atoms with Crippen molar-refractivity contribution in [1.29, 1.82) is 0 Å². The van der Waals surface area contributed by atoms with Crippen LogP contribution in [0, 0.1) is 0 Å². The minimum absolute atomic E-state index is 0.104. The second-order valence-electron chi connectivity index (χ2n) is 6.85. The molecule has 0 aromatic heterocycles. The number of hydrogen-bond donors (Lipinski definition) is 2. The highest BCUT2D eigenvalue weighted by Crippen LogP contribution is 2.18. The van der Waals surface area contributed by atoms with Crippen LogP contribution in [0.15, 0.2) is 72.8 Å². The minimum atomic E-state index is -0.104. The molecule has 2 N–H and O–H groups in total. The van der Waals surface area contributed by atoms with Crippen LogP contribution in [0.2, 0.25) is 0 Å². The summed E-state index contributed by atoms with van der Waals surface area (Å²) in [6, 6.07) is 22.8. The Bertz CT molecular complexity index is 956. The first-order valence-corrected chi connectivity index (χ1v) is 10.2. The van der Waals surface area contributed by atoms with Gasteiger partial charge in [-0.25, -0.2) is 0 Å². The smallest absolute Gasteiger partial charge is 0.253 e. The highest BCUT2D eigenvalue weighted by atomic mass is 16.5. The zero-order valence-electron chi connectivity index (χ0n) is 17.9. The molecule has 0 spiro atoms.